The fourth-order valence-electron chi connectivity index (χ4n) is 4.60. The van der Waals surface area contributed by atoms with E-state index in [1.54, 1.807) is 48.5 Å². The topological polar surface area (TPSA) is 258 Å². The minimum atomic E-state index is -0.923. The molecule has 0 aliphatic carbocycles. The summed E-state index contributed by atoms with van der Waals surface area (Å²) in [5, 5.41) is 13.8. The van der Waals surface area contributed by atoms with Crippen LogP contribution in [0.5, 0.6) is 0 Å². The average Bonchev–Trinajstić information content (AvgIpc) is 3.08. The zero-order valence-electron chi connectivity index (χ0n) is 25.3. The maximum atomic E-state index is 12.7. The normalized spacial score (nSPS) is 11.0. The Hall–Kier alpha value is -7.76. The molecule has 18 nitrogen and oxygen atoms in total. The van der Waals surface area contributed by atoms with E-state index in [2.05, 4.69) is 20.9 Å². The molecule has 50 heavy (non-hydrogen) atoms. The predicted molar refractivity (Wildman–Crippen MR) is 180 cm³/mol. The van der Waals surface area contributed by atoms with Crippen LogP contribution in [0.2, 0.25) is 0 Å². The lowest BCUT2D eigenvalue weighted by Crippen LogP contribution is -2.42. The molecule has 4 aromatic carbocycles. The monoisotopic (exact) mass is 674 g/mol. The number of carbonyl (C=O) groups excluding carboxylic acids is 2. The fourth-order valence-corrected chi connectivity index (χ4v) is 4.60. The lowest BCUT2D eigenvalue weighted by Gasteiger charge is -2.07. The number of anilines is 2. The van der Waals surface area contributed by atoms with Crippen molar-refractivity contribution < 1.29 is 9.59 Å². The first-order chi connectivity index (χ1) is 24.0. The predicted octanol–water partition coefficient (Wildman–Crippen LogP) is 1.66. The van der Waals surface area contributed by atoms with Crippen LogP contribution in [0.1, 0.15) is 20.7 Å². The van der Waals surface area contributed by atoms with Gasteiger partial charge in [-0.05, 0) is 97.1 Å². The smallest absolute Gasteiger partial charge is 0.322 e. The molecule has 0 saturated carbocycles. The van der Waals surface area contributed by atoms with Crippen LogP contribution in [0.25, 0.3) is 11.4 Å². The molecule has 0 spiro atoms. The van der Waals surface area contributed by atoms with Crippen LogP contribution in [0.4, 0.5) is 22.7 Å². The summed E-state index contributed by atoms with van der Waals surface area (Å²) in [7, 11) is 0. The van der Waals surface area contributed by atoms with Crippen LogP contribution in [-0.2, 0) is 0 Å². The van der Waals surface area contributed by atoms with E-state index in [0.717, 1.165) is 9.13 Å². The van der Waals surface area contributed by atoms with Crippen LogP contribution in [0.3, 0.4) is 0 Å². The van der Waals surface area contributed by atoms with Crippen molar-refractivity contribution in [1.29, 1.82) is 0 Å². The summed E-state index contributed by atoms with van der Waals surface area (Å²) in [6.45, 7) is 0. The van der Waals surface area contributed by atoms with Crippen LogP contribution in [0.15, 0.2) is 136 Å². The Balaban J connectivity index is 1.03. The van der Waals surface area contributed by atoms with Crippen LogP contribution < -0.4 is 44.8 Å². The lowest BCUT2D eigenvalue weighted by molar-refractivity contribution is 0.101. The van der Waals surface area contributed by atoms with Crippen molar-refractivity contribution in [2.75, 3.05) is 10.6 Å². The van der Waals surface area contributed by atoms with Gasteiger partial charge in [0.2, 0.25) is 0 Å². The number of nitrogens with zero attached hydrogens (tertiary/aromatic N) is 4. The highest BCUT2D eigenvalue weighted by atomic mass is 16.2. The molecule has 2 heterocycles. The fraction of sp³-hybridized carbons (Fsp3) is 0. The molecule has 0 bridgehead atoms. The number of aromatic nitrogens is 6. The van der Waals surface area contributed by atoms with Gasteiger partial charge in [0.05, 0.1) is 22.7 Å². The molecule has 2 aromatic heterocycles. The molecule has 0 aliphatic rings. The van der Waals surface area contributed by atoms with Gasteiger partial charge in [0.15, 0.2) is 0 Å². The number of hydrogen-bond acceptors (Lipinski definition) is 10. The van der Waals surface area contributed by atoms with Crippen molar-refractivity contribution in [3.63, 3.8) is 0 Å². The Morgan fingerprint density at radius 2 is 0.740 bits per heavy atom. The van der Waals surface area contributed by atoms with Gasteiger partial charge < -0.3 is 10.6 Å². The number of hydrogen-bond donors (Lipinski definition) is 6. The lowest BCUT2D eigenvalue weighted by atomic mass is 10.2. The van der Waals surface area contributed by atoms with Crippen molar-refractivity contribution in [3.8, 4) is 11.4 Å². The first kappa shape index (κ1) is 32.2. The highest BCUT2D eigenvalue weighted by Crippen LogP contribution is 2.22. The van der Waals surface area contributed by atoms with Gasteiger partial charge >= 0.3 is 34.1 Å². The highest BCUT2D eigenvalue weighted by Gasteiger charge is 2.11. The zero-order chi connectivity index (χ0) is 35.4. The van der Waals surface area contributed by atoms with Gasteiger partial charge in [-0.3, -0.25) is 29.5 Å². The van der Waals surface area contributed by atoms with Gasteiger partial charge in [0, 0.05) is 22.5 Å². The first-order valence-corrected chi connectivity index (χ1v) is 14.4. The highest BCUT2D eigenvalue weighted by molar-refractivity contribution is 6.05. The van der Waals surface area contributed by atoms with Crippen molar-refractivity contribution in [2.45, 2.75) is 0 Å². The maximum Gasteiger partial charge on any atom is 0.338 e. The number of aromatic amines is 4. The summed E-state index contributed by atoms with van der Waals surface area (Å²) in [6, 6.07) is 24.3. The SMILES string of the molecule is O=C(Nc1ccc(N=Nc2ccc(NC(=O)c3ccc(-n4c(=O)[nH]c(=O)[nH]c4=O)cc3)cc2)cc1)c1ccc(-n2c(=O)[nH]c(=O)[nH]c2=O)cc1. The number of amides is 2. The number of nitrogens with one attached hydrogen (secondary N) is 6. The molecule has 2 amide bonds. The molecule has 248 valence electrons. The number of H-pyrrole nitrogens is 4. The molecular weight excluding hydrogens is 652 g/mol. The zero-order valence-corrected chi connectivity index (χ0v) is 25.3. The van der Waals surface area contributed by atoms with Crippen LogP contribution >= 0.6 is 0 Å². The van der Waals surface area contributed by atoms with Gasteiger partial charge in [0.25, 0.3) is 11.8 Å². The molecule has 6 rings (SSSR count). The molecule has 0 unspecified atom stereocenters. The van der Waals surface area contributed by atoms with Crippen LogP contribution in [-0.4, -0.2) is 40.9 Å². The number of rotatable bonds is 8. The largest absolute Gasteiger partial charge is 0.338 e. The van der Waals surface area contributed by atoms with E-state index in [9.17, 15) is 38.4 Å². The van der Waals surface area contributed by atoms with E-state index >= 15 is 0 Å². The number of benzene rings is 4. The molecule has 0 aliphatic heterocycles. The Morgan fingerprint density at radius 3 is 1.04 bits per heavy atom. The number of azo groups is 1. The molecular formula is C32H22N10O8. The third-order valence-corrected chi connectivity index (χ3v) is 7.00. The van der Waals surface area contributed by atoms with E-state index in [1.807, 2.05) is 19.9 Å². The number of carbonyl (C=O) groups is 2. The second kappa shape index (κ2) is 13.5. The van der Waals surface area contributed by atoms with Gasteiger partial charge in [0.1, 0.15) is 0 Å². The molecule has 0 radical (unpaired) electrons. The summed E-state index contributed by atoms with van der Waals surface area (Å²) in [5.41, 5.74) is -2.75. The first-order valence-electron chi connectivity index (χ1n) is 14.4. The van der Waals surface area contributed by atoms with Gasteiger partial charge in [-0.15, -0.1) is 0 Å². The molecule has 6 N–H and O–H groups in total. The second-order valence-electron chi connectivity index (χ2n) is 10.3. The molecule has 6 aromatic rings. The summed E-state index contributed by atoms with van der Waals surface area (Å²) in [5.74, 6) is -0.894. The minimum absolute atomic E-state index is 0.159. The van der Waals surface area contributed by atoms with Crippen LogP contribution in [0, 0.1) is 0 Å². The standard InChI is InChI=1S/C32H22N10O8/c43-25(17-1-13-23(14-2-17)41-29(47)35-27(45)36-30(41)48)33-19-5-9-21(10-6-19)39-40-22-11-7-20(8-12-22)34-26(44)18-3-15-24(16-4-18)42-31(49)37-28(46)38-32(42)50/h1-16H,(H,33,43)(H,34,44)(H2,35,36,45,47,48)(H2,37,38,46,49,50). The average molecular weight is 675 g/mol. The minimum Gasteiger partial charge on any atom is -0.322 e. The van der Waals surface area contributed by atoms with E-state index in [-0.39, 0.29) is 22.5 Å². The maximum absolute atomic E-state index is 12.7. The Morgan fingerprint density at radius 1 is 0.440 bits per heavy atom. The Labute approximate surface area is 276 Å². The van der Waals surface area contributed by atoms with Gasteiger partial charge in [-0.1, -0.05) is 0 Å². The summed E-state index contributed by atoms with van der Waals surface area (Å²) in [6.07, 6.45) is 0. The molecule has 0 atom stereocenters. The van der Waals surface area contributed by atoms with Gasteiger partial charge in [-0.2, -0.15) is 10.2 Å². The second-order valence-corrected chi connectivity index (χ2v) is 10.3. The van der Waals surface area contributed by atoms with E-state index < -0.39 is 46.0 Å². The molecule has 0 fully saturated rings. The van der Waals surface area contributed by atoms with E-state index in [0.29, 0.717) is 22.7 Å². The quantitative estimate of drug-likeness (QED) is 0.129. The summed E-state index contributed by atoms with van der Waals surface area (Å²) < 4.78 is 1.45. The third kappa shape index (κ3) is 7.13. The van der Waals surface area contributed by atoms with Crippen molar-refractivity contribution >= 4 is 34.6 Å². The Bertz CT molecular complexity index is 2380. The van der Waals surface area contributed by atoms with Gasteiger partial charge in [-0.25, -0.2) is 37.9 Å². The van der Waals surface area contributed by atoms with E-state index in [4.69, 9.17) is 0 Å². The van der Waals surface area contributed by atoms with Crippen molar-refractivity contribution in [3.05, 3.63) is 171 Å². The van der Waals surface area contributed by atoms with Crippen molar-refractivity contribution in [1.82, 2.24) is 29.1 Å². The Kier molecular flexibility index (Phi) is 8.71. The summed E-state index contributed by atoms with van der Waals surface area (Å²) in [4.78, 5) is 104. The van der Waals surface area contributed by atoms with E-state index in [1.165, 1.54) is 48.5 Å². The molecule has 0 saturated heterocycles. The van der Waals surface area contributed by atoms with Crippen molar-refractivity contribution in [2.24, 2.45) is 10.2 Å². The summed E-state index contributed by atoms with van der Waals surface area (Å²) >= 11 is 0. The molecule has 18 heteroatoms. The third-order valence-electron chi connectivity index (χ3n) is 7.00.